The van der Waals surface area contributed by atoms with E-state index in [9.17, 15) is 24.6 Å². The number of hydrazine groups is 1. The van der Waals surface area contributed by atoms with E-state index in [1.165, 1.54) is 30.2 Å². The van der Waals surface area contributed by atoms with E-state index < -0.39 is 58.4 Å². The number of hydrogen-bond acceptors (Lipinski definition) is 8. The largest absolute Gasteiger partial charge is 0.508 e. The predicted molar refractivity (Wildman–Crippen MR) is 197 cm³/mol. The lowest BCUT2D eigenvalue weighted by Crippen LogP contribution is -2.53. The van der Waals surface area contributed by atoms with Crippen LogP contribution in [0.5, 0.6) is 17.2 Å². The van der Waals surface area contributed by atoms with Crippen LogP contribution in [0.1, 0.15) is 35.4 Å². The van der Waals surface area contributed by atoms with Gasteiger partial charge in [-0.15, -0.1) is 0 Å². The van der Waals surface area contributed by atoms with Gasteiger partial charge in [0.25, 0.3) is 11.8 Å². The molecule has 3 fully saturated rings. The number of aromatic hydroxyl groups is 2. The summed E-state index contributed by atoms with van der Waals surface area (Å²) in [6.07, 6.45) is 2.49. The van der Waals surface area contributed by atoms with Crippen LogP contribution in [0, 0.1) is 29.5 Å². The maximum atomic E-state index is 15.4. The fourth-order valence-corrected chi connectivity index (χ4v) is 9.56. The average Bonchev–Trinajstić information content (AvgIpc) is 3.53. The first kappa shape index (κ1) is 35.6. The van der Waals surface area contributed by atoms with Gasteiger partial charge in [-0.3, -0.25) is 29.5 Å². The highest BCUT2D eigenvalue weighted by Crippen LogP contribution is 2.64. The molecule has 8 rings (SSSR count). The first-order chi connectivity index (χ1) is 25.9. The summed E-state index contributed by atoms with van der Waals surface area (Å²) in [5, 5.41) is 21.4. The van der Waals surface area contributed by atoms with Gasteiger partial charge in [-0.2, -0.15) is 5.01 Å². The van der Waals surface area contributed by atoms with E-state index in [2.05, 4.69) is 5.43 Å². The van der Waals surface area contributed by atoms with E-state index in [0.29, 0.717) is 33.9 Å². The van der Waals surface area contributed by atoms with Gasteiger partial charge in [0.15, 0.2) is 11.6 Å². The van der Waals surface area contributed by atoms with Crippen molar-refractivity contribution in [3.63, 3.8) is 0 Å². The van der Waals surface area contributed by atoms with Crippen molar-refractivity contribution < 1.29 is 38.5 Å². The van der Waals surface area contributed by atoms with Crippen molar-refractivity contribution in [3.05, 3.63) is 129 Å². The third-order valence-electron chi connectivity index (χ3n) is 11.5. The first-order valence-corrected chi connectivity index (χ1v) is 18.3. The molecule has 0 unspecified atom stereocenters. The minimum absolute atomic E-state index is 0.0397. The second-order valence-electron chi connectivity index (χ2n) is 14.2. The third-order valence-corrected chi connectivity index (χ3v) is 12.1. The zero-order valence-corrected chi connectivity index (χ0v) is 30.4. The second-order valence-corrected chi connectivity index (χ2v) is 15.0. The van der Waals surface area contributed by atoms with E-state index in [1.54, 1.807) is 60.7 Å². The maximum Gasteiger partial charge on any atom is 0.260 e. The molecular weight excluding hydrogens is 736 g/mol. The average molecular weight is 771 g/mol. The Morgan fingerprint density at radius 1 is 0.889 bits per heavy atom. The number of phenolic OH excluding ortho intramolecular Hbond substituents is 2. The number of carbonyl (C=O) groups is 4. The summed E-state index contributed by atoms with van der Waals surface area (Å²) < 4.78 is 20.8. The van der Waals surface area contributed by atoms with E-state index >= 15 is 9.18 Å². The molecule has 2 heterocycles. The highest BCUT2D eigenvalue weighted by molar-refractivity contribution is 6.36. The zero-order valence-electron chi connectivity index (χ0n) is 28.8. The summed E-state index contributed by atoms with van der Waals surface area (Å²) in [4.78, 5) is 59.7. The van der Waals surface area contributed by atoms with Crippen molar-refractivity contribution in [2.24, 2.45) is 23.7 Å². The quantitative estimate of drug-likeness (QED) is 0.132. The molecule has 4 aliphatic rings. The number of fused-ring (bicyclic) bond motifs is 4. The van der Waals surface area contributed by atoms with Crippen LogP contribution in [-0.4, -0.2) is 57.4 Å². The van der Waals surface area contributed by atoms with Crippen LogP contribution in [0.3, 0.4) is 0 Å². The Kier molecular flexibility index (Phi) is 8.89. The Morgan fingerprint density at radius 2 is 1.63 bits per heavy atom. The van der Waals surface area contributed by atoms with Gasteiger partial charge < -0.3 is 14.9 Å². The highest BCUT2D eigenvalue weighted by atomic mass is 35.5. The number of allylic oxidation sites excluding steroid dienone is 2. The molecule has 2 aliphatic heterocycles. The number of ether oxygens (including phenoxy) is 1. The molecule has 13 heteroatoms. The van der Waals surface area contributed by atoms with E-state index in [-0.39, 0.29) is 47.7 Å². The number of carbonyl (C=O) groups excluding carboxylic acids is 4. The predicted octanol–water partition coefficient (Wildman–Crippen LogP) is 6.78. The molecule has 4 amide bonds. The van der Waals surface area contributed by atoms with Crippen LogP contribution in [0.4, 0.5) is 10.1 Å². The molecule has 10 nitrogen and oxygen atoms in total. The van der Waals surface area contributed by atoms with Gasteiger partial charge in [-0.05, 0) is 96.5 Å². The van der Waals surface area contributed by atoms with Crippen LogP contribution in [0.2, 0.25) is 10.0 Å². The van der Waals surface area contributed by atoms with Gasteiger partial charge in [-0.1, -0.05) is 65.2 Å². The van der Waals surface area contributed by atoms with Gasteiger partial charge in [-0.25, -0.2) is 4.39 Å². The fourth-order valence-electron chi connectivity index (χ4n) is 9.11. The number of methoxy groups -OCH3 is 1. The molecule has 2 aliphatic carbocycles. The van der Waals surface area contributed by atoms with Crippen molar-refractivity contribution in [1.82, 2.24) is 9.91 Å². The van der Waals surface area contributed by atoms with Crippen LogP contribution in [0.15, 0.2) is 96.6 Å². The summed E-state index contributed by atoms with van der Waals surface area (Å²) in [6.45, 7) is 0.125. The number of hydrogen-bond donors (Lipinski definition) is 3. The van der Waals surface area contributed by atoms with Crippen LogP contribution < -0.4 is 10.2 Å². The molecule has 6 atom stereocenters. The minimum Gasteiger partial charge on any atom is -0.508 e. The molecule has 3 N–H and O–H groups in total. The van der Waals surface area contributed by atoms with Crippen molar-refractivity contribution >= 4 is 52.5 Å². The SMILES string of the molecule is COc1ccc([C@@]23C(=O)N(Nc4ccc(Cl)cc4Cl)C(=O)[C@@H]2C[C@@H]2C(=CC[C@@H]4C(=O)N(CCc5ccc(O)cc5)C(=O)[C@@H]42)[C@@H]3c2ccc(O)c(F)c2)cc1. The standard InChI is InChI=1S/C41H34Cl2FN3O7/c1-54-26-10-5-23(6-11-26)41-30(38(51)47(40(41)53)45-33-14-7-24(42)19-31(33)43)20-29-27(36(41)22-4-15-34(49)32(44)18-22)12-13-28-35(29)39(52)46(37(28)50)17-16-21-2-8-25(48)9-3-21/h2-12,14-15,18-19,28-30,35-36,45,48-49H,13,16-17,20H2,1H3/t28-,29+,30-,35-,36-,41+/m0/s1. The summed E-state index contributed by atoms with van der Waals surface area (Å²) in [6, 6.07) is 21.8. The van der Waals surface area contributed by atoms with Crippen LogP contribution in [-0.2, 0) is 31.0 Å². The van der Waals surface area contributed by atoms with Crippen LogP contribution in [0.25, 0.3) is 0 Å². The third kappa shape index (κ3) is 5.51. The van der Waals surface area contributed by atoms with Gasteiger partial charge in [0.2, 0.25) is 11.8 Å². The van der Waals surface area contributed by atoms with Crippen molar-refractivity contribution in [3.8, 4) is 17.2 Å². The second kappa shape index (κ2) is 13.5. The number of imide groups is 2. The number of nitrogens with one attached hydrogen (secondary N) is 1. The van der Waals surface area contributed by atoms with Gasteiger partial charge in [0.05, 0.1) is 41.0 Å². The molecule has 54 heavy (non-hydrogen) atoms. The molecule has 2 saturated heterocycles. The number of likely N-dealkylation sites (tertiary alicyclic amines) is 1. The summed E-state index contributed by atoms with van der Waals surface area (Å²) in [5.41, 5.74) is 3.76. The molecule has 276 valence electrons. The number of benzene rings is 4. The maximum absolute atomic E-state index is 15.4. The first-order valence-electron chi connectivity index (χ1n) is 17.5. The number of phenols is 2. The molecule has 0 aromatic heterocycles. The van der Waals surface area contributed by atoms with E-state index in [0.717, 1.165) is 16.6 Å². The molecule has 1 saturated carbocycles. The smallest absolute Gasteiger partial charge is 0.260 e. The molecule has 0 spiro atoms. The lowest BCUT2D eigenvalue weighted by Gasteiger charge is -2.50. The minimum atomic E-state index is -1.67. The Balaban J connectivity index is 1.27. The molecule has 0 bridgehead atoms. The number of halogens is 3. The molecule has 0 radical (unpaired) electrons. The number of amides is 4. The number of rotatable bonds is 8. The van der Waals surface area contributed by atoms with Crippen molar-refractivity contribution in [2.45, 2.75) is 30.6 Å². The topological polar surface area (TPSA) is 136 Å². The highest BCUT2D eigenvalue weighted by Gasteiger charge is 2.70. The number of anilines is 1. The molecule has 4 aromatic carbocycles. The Hall–Kier alpha value is -5.39. The lowest BCUT2D eigenvalue weighted by atomic mass is 9.49. The Morgan fingerprint density at radius 3 is 2.31 bits per heavy atom. The molecular formula is C41H34Cl2FN3O7. The summed E-state index contributed by atoms with van der Waals surface area (Å²) in [7, 11) is 1.51. The van der Waals surface area contributed by atoms with E-state index in [4.69, 9.17) is 27.9 Å². The lowest BCUT2D eigenvalue weighted by molar-refractivity contribution is -0.141. The van der Waals surface area contributed by atoms with Gasteiger partial charge in [0.1, 0.15) is 11.5 Å². The van der Waals surface area contributed by atoms with Crippen LogP contribution >= 0.6 is 23.2 Å². The Bertz CT molecular complexity index is 2250. The van der Waals surface area contributed by atoms with Crippen molar-refractivity contribution in [1.29, 1.82) is 0 Å². The van der Waals surface area contributed by atoms with E-state index in [1.807, 2.05) is 6.08 Å². The monoisotopic (exact) mass is 769 g/mol. The number of nitrogens with zero attached hydrogens (tertiary/aromatic N) is 2. The Labute approximate surface area is 319 Å². The summed E-state index contributed by atoms with van der Waals surface area (Å²) in [5.74, 6) is -7.05. The fraction of sp³-hybridized carbons (Fsp3) is 0.268. The summed E-state index contributed by atoms with van der Waals surface area (Å²) >= 11 is 12.6. The van der Waals surface area contributed by atoms with Crippen molar-refractivity contribution in [2.75, 3.05) is 19.1 Å². The zero-order chi connectivity index (χ0) is 38.1. The van der Waals surface area contributed by atoms with Gasteiger partial charge >= 0.3 is 0 Å². The van der Waals surface area contributed by atoms with Gasteiger partial charge in [0, 0.05) is 17.5 Å². The molecule has 4 aromatic rings. The normalized spacial score (nSPS) is 26.0.